The first-order valence-corrected chi connectivity index (χ1v) is 6.73. The summed E-state index contributed by atoms with van der Waals surface area (Å²) in [6, 6.07) is 7.36. The molecule has 0 fully saturated rings. The van der Waals surface area contributed by atoms with Gasteiger partial charge in [-0.15, -0.1) is 0 Å². The van der Waals surface area contributed by atoms with Gasteiger partial charge in [0.2, 0.25) is 5.78 Å². The van der Waals surface area contributed by atoms with E-state index in [2.05, 4.69) is 12.0 Å². The molecule has 1 aliphatic heterocycles. The Labute approximate surface area is 117 Å². The molecule has 1 aromatic carbocycles. The Balaban J connectivity index is 1.75. The van der Waals surface area contributed by atoms with Gasteiger partial charge in [0.25, 0.3) is 0 Å². The number of fused-ring (bicyclic) bond motifs is 1. The van der Waals surface area contributed by atoms with E-state index in [1.807, 2.05) is 18.2 Å². The van der Waals surface area contributed by atoms with Crippen LogP contribution in [0.4, 0.5) is 0 Å². The molecule has 1 unspecified atom stereocenters. The third-order valence-corrected chi connectivity index (χ3v) is 3.17. The van der Waals surface area contributed by atoms with Crippen molar-refractivity contribution < 1.29 is 14.3 Å². The number of carbonyl (C=O) groups excluding carboxylic acids is 1. The van der Waals surface area contributed by atoms with Gasteiger partial charge in [0.1, 0.15) is 6.61 Å². The number of ether oxygens (including phenoxy) is 2. The third-order valence-electron chi connectivity index (χ3n) is 3.17. The second kappa shape index (κ2) is 5.36. The van der Waals surface area contributed by atoms with Crippen LogP contribution in [0, 0.1) is 0 Å². The summed E-state index contributed by atoms with van der Waals surface area (Å²) in [6.45, 7) is 3.10. The summed E-state index contributed by atoms with van der Waals surface area (Å²) in [5.41, 5.74) is 0.562. The molecule has 104 valence electrons. The Morgan fingerprint density at radius 1 is 1.40 bits per heavy atom. The number of carbonyl (C=O) groups is 1. The third kappa shape index (κ3) is 2.39. The fourth-order valence-electron chi connectivity index (χ4n) is 2.18. The maximum Gasteiger partial charge on any atom is 0.210 e. The summed E-state index contributed by atoms with van der Waals surface area (Å²) < 4.78 is 13.0. The van der Waals surface area contributed by atoms with E-state index in [4.69, 9.17) is 9.47 Å². The lowest BCUT2D eigenvalue weighted by Crippen LogP contribution is -2.36. The van der Waals surface area contributed by atoms with E-state index in [-0.39, 0.29) is 12.4 Å². The van der Waals surface area contributed by atoms with Gasteiger partial charge in [-0.3, -0.25) is 9.48 Å². The Bertz CT molecular complexity index is 621. The number of para-hydroxylation sites is 2. The van der Waals surface area contributed by atoms with Crippen LogP contribution in [0.25, 0.3) is 0 Å². The van der Waals surface area contributed by atoms with E-state index < -0.39 is 6.10 Å². The zero-order chi connectivity index (χ0) is 13.9. The lowest BCUT2D eigenvalue weighted by atomic mass is 10.1. The SMILES string of the molecule is CCCn1cc(C(=O)C2COc3ccccc3O2)cn1. The highest BCUT2D eigenvalue weighted by molar-refractivity contribution is 5.99. The summed E-state index contributed by atoms with van der Waals surface area (Å²) in [7, 11) is 0. The van der Waals surface area contributed by atoms with Crippen molar-refractivity contribution in [2.24, 2.45) is 0 Å². The molecule has 0 N–H and O–H groups in total. The number of aromatic nitrogens is 2. The van der Waals surface area contributed by atoms with Crippen molar-refractivity contribution >= 4 is 5.78 Å². The van der Waals surface area contributed by atoms with Crippen molar-refractivity contribution in [1.82, 2.24) is 9.78 Å². The predicted octanol–water partition coefficient (Wildman–Crippen LogP) is 2.32. The molecule has 3 rings (SSSR count). The quantitative estimate of drug-likeness (QED) is 0.801. The highest BCUT2D eigenvalue weighted by Crippen LogP contribution is 2.31. The molecule has 0 spiro atoms. The fourth-order valence-corrected chi connectivity index (χ4v) is 2.18. The largest absolute Gasteiger partial charge is 0.485 e. The predicted molar refractivity (Wildman–Crippen MR) is 73.2 cm³/mol. The number of nitrogens with zero attached hydrogens (tertiary/aromatic N) is 2. The highest BCUT2D eigenvalue weighted by atomic mass is 16.6. The second-order valence-electron chi connectivity index (χ2n) is 4.72. The van der Waals surface area contributed by atoms with E-state index in [0.717, 1.165) is 13.0 Å². The molecule has 0 radical (unpaired) electrons. The van der Waals surface area contributed by atoms with Crippen LogP contribution in [0.5, 0.6) is 11.5 Å². The van der Waals surface area contributed by atoms with Crippen molar-refractivity contribution in [3.63, 3.8) is 0 Å². The monoisotopic (exact) mass is 272 g/mol. The molecule has 0 bridgehead atoms. The van der Waals surface area contributed by atoms with Gasteiger partial charge in [-0.05, 0) is 18.6 Å². The topological polar surface area (TPSA) is 53.4 Å². The molecular weight excluding hydrogens is 256 g/mol. The lowest BCUT2D eigenvalue weighted by Gasteiger charge is -2.25. The number of benzene rings is 1. The normalized spacial score (nSPS) is 16.9. The van der Waals surface area contributed by atoms with Crippen LogP contribution in [0.3, 0.4) is 0 Å². The maximum absolute atomic E-state index is 12.4. The Morgan fingerprint density at radius 3 is 3.00 bits per heavy atom. The zero-order valence-corrected chi connectivity index (χ0v) is 11.3. The molecule has 20 heavy (non-hydrogen) atoms. The van der Waals surface area contributed by atoms with Crippen molar-refractivity contribution in [1.29, 1.82) is 0 Å². The molecule has 1 aromatic heterocycles. The molecule has 5 heteroatoms. The van der Waals surface area contributed by atoms with Crippen molar-refractivity contribution in [2.75, 3.05) is 6.61 Å². The van der Waals surface area contributed by atoms with Gasteiger partial charge in [-0.25, -0.2) is 0 Å². The molecule has 5 nitrogen and oxygen atoms in total. The Kier molecular flexibility index (Phi) is 3.41. The highest BCUT2D eigenvalue weighted by Gasteiger charge is 2.28. The number of hydrogen-bond acceptors (Lipinski definition) is 4. The first-order chi connectivity index (χ1) is 9.78. The number of rotatable bonds is 4. The smallest absolute Gasteiger partial charge is 0.210 e. The van der Waals surface area contributed by atoms with Gasteiger partial charge in [-0.1, -0.05) is 19.1 Å². The van der Waals surface area contributed by atoms with E-state index >= 15 is 0 Å². The first-order valence-electron chi connectivity index (χ1n) is 6.73. The molecule has 2 heterocycles. The van der Waals surface area contributed by atoms with E-state index in [1.54, 1.807) is 23.1 Å². The average Bonchev–Trinajstić information content (AvgIpc) is 2.95. The van der Waals surface area contributed by atoms with Crippen LogP contribution < -0.4 is 9.47 Å². The summed E-state index contributed by atoms with van der Waals surface area (Å²) in [6.07, 6.45) is 3.72. The van der Waals surface area contributed by atoms with Crippen LogP contribution in [0.15, 0.2) is 36.7 Å². The standard InChI is InChI=1S/C15H16N2O3/c1-2-7-17-9-11(8-16-17)15(18)14-10-19-12-5-3-4-6-13(12)20-14/h3-6,8-9,14H,2,7,10H2,1H3. The summed E-state index contributed by atoms with van der Waals surface area (Å²) in [5.74, 6) is 1.19. The van der Waals surface area contributed by atoms with Gasteiger partial charge in [0, 0.05) is 12.7 Å². The number of hydrogen-bond donors (Lipinski definition) is 0. The van der Waals surface area contributed by atoms with Crippen LogP contribution in [-0.4, -0.2) is 28.3 Å². The molecule has 0 saturated heterocycles. The van der Waals surface area contributed by atoms with Gasteiger partial charge in [0.15, 0.2) is 17.6 Å². The number of Topliss-reactive ketones (excluding diaryl/α,β-unsaturated/α-hetero) is 1. The molecule has 0 saturated carbocycles. The van der Waals surface area contributed by atoms with E-state index in [0.29, 0.717) is 17.1 Å². The molecule has 1 atom stereocenters. The van der Waals surface area contributed by atoms with Crippen molar-refractivity contribution in [3.05, 3.63) is 42.2 Å². The number of aryl methyl sites for hydroxylation is 1. The molecule has 1 aliphatic rings. The number of ketones is 1. The second-order valence-corrected chi connectivity index (χ2v) is 4.72. The van der Waals surface area contributed by atoms with Crippen LogP contribution in [0.2, 0.25) is 0 Å². The first kappa shape index (κ1) is 12.7. The zero-order valence-electron chi connectivity index (χ0n) is 11.3. The van der Waals surface area contributed by atoms with Crippen LogP contribution in [-0.2, 0) is 6.54 Å². The average molecular weight is 272 g/mol. The van der Waals surface area contributed by atoms with Gasteiger partial charge < -0.3 is 9.47 Å². The van der Waals surface area contributed by atoms with Crippen LogP contribution in [0.1, 0.15) is 23.7 Å². The van der Waals surface area contributed by atoms with Crippen molar-refractivity contribution in [2.45, 2.75) is 26.0 Å². The molecule has 0 aliphatic carbocycles. The molecular formula is C15H16N2O3. The van der Waals surface area contributed by atoms with E-state index in [1.165, 1.54) is 0 Å². The van der Waals surface area contributed by atoms with E-state index in [9.17, 15) is 4.79 Å². The summed E-state index contributed by atoms with van der Waals surface area (Å²) >= 11 is 0. The molecule has 2 aromatic rings. The summed E-state index contributed by atoms with van der Waals surface area (Å²) in [4.78, 5) is 12.4. The van der Waals surface area contributed by atoms with Crippen LogP contribution >= 0.6 is 0 Å². The van der Waals surface area contributed by atoms with Gasteiger partial charge >= 0.3 is 0 Å². The lowest BCUT2D eigenvalue weighted by molar-refractivity contribution is 0.0586. The van der Waals surface area contributed by atoms with Gasteiger partial charge in [-0.2, -0.15) is 5.10 Å². The minimum atomic E-state index is -0.607. The molecule has 0 amide bonds. The fraction of sp³-hybridized carbons (Fsp3) is 0.333. The van der Waals surface area contributed by atoms with Crippen molar-refractivity contribution in [3.8, 4) is 11.5 Å². The minimum absolute atomic E-state index is 0.0955. The maximum atomic E-state index is 12.4. The summed E-state index contributed by atoms with van der Waals surface area (Å²) in [5, 5.41) is 4.17. The minimum Gasteiger partial charge on any atom is -0.485 e. The Hall–Kier alpha value is -2.30. The Morgan fingerprint density at radius 2 is 2.20 bits per heavy atom. The van der Waals surface area contributed by atoms with Gasteiger partial charge in [0.05, 0.1) is 11.8 Å².